The van der Waals surface area contributed by atoms with E-state index in [1.54, 1.807) is 6.20 Å². The van der Waals surface area contributed by atoms with Crippen molar-refractivity contribution in [1.82, 2.24) is 15.3 Å². The summed E-state index contributed by atoms with van der Waals surface area (Å²) in [5.41, 5.74) is 8.23. The van der Waals surface area contributed by atoms with Crippen molar-refractivity contribution in [2.75, 3.05) is 44.0 Å². The molecular weight excluding hydrogens is 496 g/mol. The maximum Gasteiger partial charge on any atom is 0.329 e. The van der Waals surface area contributed by atoms with Crippen LogP contribution in [0.5, 0.6) is 0 Å². The summed E-state index contributed by atoms with van der Waals surface area (Å²) in [6, 6.07) is 10.9. The van der Waals surface area contributed by atoms with Gasteiger partial charge in [-0.2, -0.15) is 5.26 Å². The van der Waals surface area contributed by atoms with Crippen molar-refractivity contribution < 1.29 is 19.4 Å². The van der Waals surface area contributed by atoms with E-state index in [0.717, 1.165) is 35.5 Å². The van der Waals surface area contributed by atoms with Crippen LogP contribution in [0.3, 0.4) is 0 Å². The first-order chi connectivity index (χ1) is 18.8. The van der Waals surface area contributed by atoms with Crippen molar-refractivity contribution in [3.8, 4) is 17.3 Å². The Morgan fingerprint density at radius 2 is 2.05 bits per heavy atom. The van der Waals surface area contributed by atoms with Crippen LogP contribution in [0.15, 0.2) is 30.5 Å². The summed E-state index contributed by atoms with van der Waals surface area (Å²) in [4.78, 5) is 19.0. The Morgan fingerprint density at radius 1 is 1.31 bits per heavy atom. The minimum Gasteiger partial charge on any atom is -0.480 e. The Kier molecular flexibility index (Phi) is 11.9. The van der Waals surface area contributed by atoms with E-state index in [-0.39, 0.29) is 18.1 Å². The number of nitrogens with two attached hydrogens (primary N) is 1. The number of nitrogens with one attached hydrogen (secondary N) is 2. The normalized spacial score (nSPS) is 17.8. The number of nitrogens with zero attached hydrogens (tertiary/aromatic N) is 3. The fourth-order valence-corrected chi connectivity index (χ4v) is 4.89. The maximum atomic E-state index is 10.2. The van der Waals surface area contributed by atoms with E-state index < -0.39 is 5.97 Å². The number of carboxylic acids is 1. The van der Waals surface area contributed by atoms with Gasteiger partial charge in [0.1, 0.15) is 18.2 Å². The zero-order valence-corrected chi connectivity index (χ0v) is 23.1. The minimum absolute atomic E-state index is 0.198. The molecule has 0 spiro atoms. The lowest BCUT2D eigenvalue weighted by Gasteiger charge is -2.30. The fourth-order valence-electron chi connectivity index (χ4n) is 4.89. The summed E-state index contributed by atoms with van der Waals surface area (Å²) < 4.78 is 10.4. The molecule has 3 heterocycles. The second-order valence-electron chi connectivity index (χ2n) is 10.5. The number of aliphatic carboxylic acids is 1. The molecule has 10 nitrogen and oxygen atoms in total. The van der Waals surface area contributed by atoms with Crippen LogP contribution in [0.2, 0.25) is 0 Å². The van der Waals surface area contributed by atoms with Gasteiger partial charge in [0.05, 0.1) is 23.8 Å². The Morgan fingerprint density at radius 3 is 2.74 bits per heavy atom. The van der Waals surface area contributed by atoms with Gasteiger partial charge in [-0.1, -0.05) is 25.3 Å². The monoisotopic (exact) mass is 538 g/mol. The van der Waals surface area contributed by atoms with Gasteiger partial charge in [0.2, 0.25) is 0 Å². The number of nitriles is 1. The van der Waals surface area contributed by atoms with Crippen LogP contribution < -0.4 is 16.4 Å². The molecule has 1 saturated carbocycles. The lowest BCUT2D eigenvalue weighted by Crippen LogP contribution is -2.40. The molecule has 5 N–H and O–H groups in total. The van der Waals surface area contributed by atoms with E-state index in [0.29, 0.717) is 38.2 Å². The third-order valence-corrected chi connectivity index (χ3v) is 7.16. The highest BCUT2D eigenvalue weighted by Crippen LogP contribution is 2.30. The lowest BCUT2D eigenvalue weighted by molar-refractivity contribution is -0.142. The number of nitrogen functional groups attached to an aromatic ring is 1. The van der Waals surface area contributed by atoms with Crippen molar-refractivity contribution in [3.63, 3.8) is 0 Å². The number of carboxylic acid groups (broad SMARTS) is 1. The van der Waals surface area contributed by atoms with E-state index in [4.69, 9.17) is 20.3 Å². The number of aromatic nitrogens is 2. The topological polar surface area (TPSA) is 155 Å². The van der Waals surface area contributed by atoms with Crippen LogP contribution >= 0.6 is 0 Å². The van der Waals surface area contributed by atoms with Gasteiger partial charge in [-0.15, -0.1) is 0 Å². The van der Waals surface area contributed by atoms with E-state index in [1.165, 1.54) is 32.1 Å². The first-order valence-electron chi connectivity index (χ1n) is 13.8. The van der Waals surface area contributed by atoms with E-state index in [2.05, 4.69) is 26.7 Å². The summed E-state index contributed by atoms with van der Waals surface area (Å²) in [5.74, 6) is 0.324. The van der Waals surface area contributed by atoms with Crippen molar-refractivity contribution in [2.45, 2.75) is 70.9 Å². The predicted octanol–water partition coefficient (Wildman–Crippen LogP) is 4.16. The molecule has 1 atom stereocenters. The Labute approximate surface area is 231 Å². The van der Waals surface area contributed by atoms with Gasteiger partial charge < -0.3 is 30.9 Å². The molecule has 2 aromatic rings. The first kappa shape index (κ1) is 30.3. The van der Waals surface area contributed by atoms with Crippen LogP contribution in [0.25, 0.3) is 11.3 Å². The van der Waals surface area contributed by atoms with Crippen molar-refractivity contribution in [2.24, 2.45) is 5.41 Å². The molecule has 2 aromatic heterocycles. The minimum atomic E-state index is -0.903. The number of hydrogen-bond donors (Lipinski definition) is 4. The third-order valence-electron chi connectivity index (χ3n) is 7.16. The van der Waals surface area contributed by atoms with E-state index in [9.17, 15) is 10.1 Å². The van der Waals surface area contributed by atoms with E-state index in [1.807, 2.05) is 38.1 Å². The number of hydrogen-bond acceptors (Lipinski definition) is 9. The molecule has 1 saturated heterocycles. The van der Waals surface area contributed by atoms with Gasteiger partial charge >= 0.3 is 5.97 Å². The van der Waals surface area contributed by atoms with Crippen molar-refractivity contribution in [1.29, 1.82) is 5.26 Å². The van der Waals surface area contributed by atoms with Gasteiger partial charge in [-0.25, -0.2) is 14.8 Å². The third kappa shape index (κ3) is 10.1. The van der Waals surface area contributed by atoms with Gasteiger partial charge in [-0.3, -0.25) is 0 Å². The molecule has 212 valence electrons. The van der Waals surface area contributed by atoms with Gasteiger partial charge in [0, 0.05) is 43.6 Å². The van der Waals surface area contributed by atoms with Crippen LogP contribution in [0.1, 0.15) is 57.4 Å². The highest BCUT2D eigenvalue weighted by atomic mass is 16.5. The molecule has 0 bridgehead atoms. The highest BCUT2D eigenvalue weighted by molar-refractivity contribution is 5.68. The summed E-state index contributed by atoms with van der Waals surface area (Å²) >= 11 is 0. The molecule has 1 aliphatic carbocycles. The lowest BCUT2D eigenvalue weighted by atomic mass is 9.82. The molecule has 10 heteroatoms. The summed E-state index contributed by atoms with van der Waals surface area (Å²) in [5, 5.41) is 24.7. The Bertz CT molecular complexity index is 1090. The molecule has 2 fully saturated rings. The average molecular weight is 539 g/mol. The Balaban J connectivity index is 0.000000242. The Hall–Kier alpha value is -3.26. The number of pyridine rings is 2. The highest BCUT2D eigenvalue weighted by Gasteiger charge is 2.32. The fraction of sp³-hybridized carbons (Fsp3) is 0.586. The van der Waals surface area contributed by atoms with Crippen molar-refractivity contribution >= 4 is 17.6 Å². The molecule has 1 unspecified atom stereocenters. The number of rotatable bonds is 10. The zero-order valence-electron chi connectivity index (χ0n) is 23.1. The molecule has 0 aromatic carbocycles. The van der Waals surface area contributed by atoms with E-state index >= 15 is 0 Å². The van der Waals surface area contributed by atoms with Gasteiger partial charge in [0.15, 0.2) is 0 Å². The van der Waals surface area contributed by atoms with Crippen molar-refractivity contribution in [3.05, 3.63) is 36.0 Å². The SMILES string of the molecule is CC(COCC(=O)O)NC1CCCCC1.Cc1cnc(N)cc1-c1cccc(NCC2(C#N)CCOCC2)n1. The van der Waals surface area contributed by atoms with Gasteiger partial charge in [-0.05, 0) is 63.3 Å². The molecule has 39 heavy (non-hydrogen) atoms. The molecule has 0 radical (unpaired) electrons. The molecule has 0 amide bonds. The summed E-state index contributed by atoms with van der Waals surface area (Å²) in [7, 11) is 0. The standard InChI is InChI=1S/C18H21N5O.C11H21NO3/c1-13-10-21-16(20)9-14(13)15-3-2-4-17(23-15)22-12-18(11-19)5-7-24-8-6-18;1-9(7-15-8-11(13)14)12-10-5-3-2-4-6-10/h2-4,9-10H,5-8,12H2,1H3,(H2,20,21)(H,22,23);9-10,12H,2-8H2,1H3,(H,13,14). The number of anilines is 2. The van der Waals surface area contributed by atoms with Crippen LogP contribution in [-0.4, -0.2) is 66.1 Å². The number of ether oxygens (including phenoxy) is 2. The summed E-state index contributed by atoms with van der Waals surface area (Å²) in [6.07, 6.45) is 9.68. The zero-order chi connectivity index (χ0) is 28.1. The van der Waals surface area contributed by atoms with Crippen LogP contribution in [-0.2, 0) is 14.3 Å². The maximum absolute atomic E-state index is 10.2. The second-order valence-corrected chi connectivity index (χ2v) is 10.5. The average Bonchev–Trinajstić information content (AvgIpc) is 2.94. The predicted molar refractivity (Wildman–Crippen MR) is 151 cm³/mol. The van der Waals surface area contributed by atoms with Crippen LogP contribution in [0, 0.1) is 23.7 Å². The molecule has 1 aliphatic heterocycles. The molecule has 4 rings (SSSR count). The number of aryl methyl sites for hydroxylation is 1. The summed E-state index contributed by atoms with van der Waals surface area (Å²) in [6.45, 7) is 6.14. The number of carbonyl (C=O) groups is 1. The smallest absolute Gasteiger partial charge is 0.329 e. The first-order valence-corrected chi connectivity index (χ1v) is 13.8. The largest absolute Gasteiger partial charge is 0.480 e. The van der Waals surface area contributed by atoms with Crippen LogP contribution in [0.4, 0.5) is 11.6 Å². The second kappa shape index (κ2) is 15.4. The van der Waals surface area contributed by atoms with Gasteiger partial charge in [0.25, 0.3) is 0 Å². The quantitative estimate of drug-likeness (QED) is 0.346. The molecule has 2 aliphatic rings. The molecular formula is C29H42N6O4.